The summed E-state index contributed by atoms with van der Waals surface area (Å²) in [7, 11) is 2.18. The quantitative estimate of drug-likeness (QED) is 0.326. The summed E-state index contributed by atoms with van der Waals surface area (Å²) in [5, 5.41) is 12.4. The SMILES string of the molecule is CSCC[C@H](NC(=O)c1ccc(CN(C)CC(C)(C)C2CCCCC2)cc1-c1ccccc1C)C(=O)O. The minimum Gasteiger partial charge on any atom is -0.480 e. The van der Waals surface area contributed by atoms with Crippen LogP contribution in [0.25, 0.3) is 11.1 Å². The molecule has 1 saturated carbocycles. The van der Waals surface area contributed by atoms with Gasteiger partial charge in [-0.1, -0.05) is 63.4 Å². The van der Waals surface area contributed by atoms with Crippen molar-refractivity contribution in [2.45, 2.75) is 71.9 Å². The molecule has 2 N–H and O–H groups in total. The highest BCUT2D eigenvalue weighted by Crippen LogP contribution is 2.39. The van der Waals surface area contributed by atoms with Gasteiger partial charge in [0.05, 0.1) is 0 Å². The standard InChI is InChI=1S/C31H44N2O3S/c1-22-11-9-10-14-25(22)27-19-23(20-33(4)21-31(2,3)24-12-7-6-8-13-24)15-16-26(27)29(34)32-28(30(35)36)17-18-37-5/h9-11,14-16,19,24,28H,6-8,12-13,17-18,20-21H2,1-5H3,(H,32,34)(H,35,36)/t28-/m0/s1. The Labute approximate surface area is 227 Å². The number of aliphatic carboxylic acids is 1. The van der Waals surface area contributed by atoms with Gasteiger partial charge in [-0.25, -0.2) is 4.79 Å². The molecule has 1 amide bonds. The molecule has 6 heteroatoms. The fraction of sp³-hybridized carbons (Fsp3) is 0.548. The van der Waals surface area contributed by atoms with E-state index in [1.165, 1.54) is 32.1 Å². The zero-order chi connectivity index (χ0) is 27.0. The molecule has 1 fully saturated rings. The summed E-state index contributed by atoms with van der Waals surface area (Å²) in [4.78, 5) is 27.5. The molecular weight excluding hydrogens is 480 g/mol. The van der Waals surface area contributed by atoms with Crippen molar-refractivity contribution in [1.82, 2.24) is 10.2 Å². The molecule has 2 aromatic carbocycles. The number of aryl methyl sites for hydroxylation is 1. The van der Waals surface area contributed by atoms with Crippen molar-refractivity contribution in [2.24, 2.45) is 11.3 Å². The zero-order valence-electron chi connectivity index (χ0n) is 23.2. The Balaban J connectivity index is 1.85. The first kappa shape index (κ1) is 29.2. The van der Waals surface area contributed by atoms with Crippen molar-refractivity contribution in [3.63, 3.8) is 0 Å². The van der Waals surface area contributed by atoms with Crippen molar-refractivity contribution in [3.8, 4) is 11.1 Å². The van der Waals surface area contributed by atoms with Gasteiger partial charge in [0.1, 0.15) is 6.04 Å². The normalized spacial score (nSPS) is 15.5. The Bertz CT molecular complexity index is 1060. The number of benzene rings is 2. The predicted octanol–water partition coefficient (Wildman–Crippen LogP) is 6.64. The topological polar surface area (TPSA) is 69.6 Å². The summed E-state index contributed by atoms with van der Waals surface area (Å²) in [5.41, 5.74) is 4.85. The number of carboxylic acid groups (broad SMARTS) is 1. The lowest BCUT2D eigenvalue weighted by Gasteiger charge is -2.39. The predicted molar refractivity (Wildman–Crippen MR) is 155 cm³/mol. The van der Waals surface area contributed by atoms with Gasteiger partial charge in [-0.3, -0.25) is 4.79 Å². The summed E-state index contributed by atoms with van der Waals surface area (Å²) >= 11 is 1.57. The number of carboxylic acids is 1. The molecule has 202 valence electrons. The molecule has 0 unspecified atom stereocenters. The largest absolute Gasteiger partial charge is 0.480 e. The third-order valence-corrected chi connectivity index (χ3v) is 8.46. The summed E-state index contributed by atoms with van der Waals surface area (Å²) in [5.74, 6) is 0.0963. The molecule has 1 aliphatic rings. The first-order chi connectivity index (χ1) is 17.6. The van der Waals surface area contributed by atoms with Crippen LogP contribution in [0.2, 0.25) is 0 Å². The average Bonchev–Trinajstić information content (AvgIpc) is 2.86. The highest BCUT2D eigenvalue weighted by molar-refractivity contribution is 7.98. The highest BCUT2D eigenvalue weighted by Gasteiger charge is 2.31. The smallest absolute Gasteiger partial charge is 0.326 e. The van der Waals surface area contributed by atoms with Crippen LogP contribution in [-0.4, -0.2) is 53.5 Å². The number of carbonyl (C=O) groups excluding carboxylic acids is 1. The molecule has 0 saturated heterocycles. The fourth-order valence-electron chi connectivity index (χ4n) is 5.79. The molecule has 0 radical (unpaired) electrons. The van der Waals surface area contributed by atoms with Gasteiger partial charge in [0, 0.05) is 18.7 Å². The summed E-state index contributed by atoms with van der Waals surface area (Å²) in [6.45, 7) is 8.67. The van der Waals surface area contributed by atoms with Crippen LogP contribution in [0, 0.1) is 18.3 Å². The maximum Gasteiger partial charge on any atom is 0.326 e. The number of carbonyl (C=O) groups is 2. The Morgan fingerprint density at radius 2 is 1.81 bits per heavy atom. The number of rotatable bonds is 12. The number of amides is 1. The minimum absolute atomic E-state index is 0.260. The van der Waals surface area contributed by atoms with Crippen molar-refractivity contribution in [3.05, 3.63) is 59.2 Å². The minimum atomic E-state index is -1.00. The van der Waals surface area contributed by atoms with E-state index in [1.807, 2.05) is 49.6 Å². The third kappa shape index (κ3) is 8.08. The van der Waals surface area contributed by atoms with Gasteiger partial charge in [-0.2, -0.15) is 11.8 Å². The maximum atomic E-state index is 13.3. The second kappa shape index (κ2) is 13.5. The van der Waals surface area contributed by atoms with Crippen molar-refractivity contribution in [2.75, 3.05) is 25.6 Å². The van der Waals surface area contributed by atoms with Crippen LogP contribution in [-0.2, 0) is 11.3 Å². The van der Waals surface area contributed by atoms with Crippen LogP contribution >= 0.6 is 11.8 Å². The number of thioether (sulfide) groups is 1. The Hall–Kier alpha value is -2.31. The maximum absolute atomic E-state index is 13.3. The fourth-order valence-corrected chi connectivity index (χ4v) is 6.26. The molecule has 1 atom stereocenters. The molecule has 37 heavy (non-hydrogen) atoms. The lowest BCUT2D eigenvalue weighted by Crippen LogP contribution is -2.41. The molecule has 0 aliphatic heterocycles. The van der Waals surface area contributed by atoms with Crippen LogP contribution < -0.4 is 5.32 Å². The third-order valence-electron chi connectivity index (χ3n) is 7.82. The van der Waals surface area contributed by atoms with Crippen LogP contribution in [0.1, 0.15) is 73.9 Å². The van der Waals surface area contributed by atoms with E-state index in [2.05, 4.69) is 37.2 Å². The van der Waals surface area contributed by atoms with E-state index in [4.69, 9.17) is 0 Å². The van der Waals surface area contributed by atoms with Crippen LogP contribution in [0.5, 0.6) is 0 Å². The van der Waals surface area contributed by atoms with E-state index in [-0.39, 0.29) is 11.3 Å². The monoisotopic (exact) mass is 524 g/mol. The first-order valence-electron chi connectivity index (χ1n) is 13.5. The van der Waals surface area contributed by atoms with Crippen LogP contribution in [0.15, 0.2) is 42.5 Å². The number of nitrogens with one attached hydrogen (secondary N) is 1. The van der Waals surface area contributed by atoms with Crippen molar-refractivity contribution in [1.29, 1.82) is 0 Å². The van der Waals surface area contributed by atoms with Crippen LogP contribution in [0.3, 0.4) is 0 Å². The summed E-state index contributed by atoms with van der Waals surface area (Å²) in [6, 6.07) is 13.1. The van der Waals surface area contributed by atoms with Gasteiger partial charge in [-0.05, 0) is 91.0 Å². The molecule has 2 aromatic rings. The second-order valence-corrected chi connectivity index (χ2v) is 12.3. The molecule has 0 spiro atoms. The van der Waals surface area contributed by atoms with E-state index < -0.39 is 12.0 Å². The van der Waals surface area contributed by atoms with Gasteiger partial charge < -0.3 is 15.3 Å². The summed E-state index contributed by atoms with van der Waals surface area (Å²) in [6.07, 6.45) is 9.05. The average molecular weight is 525 g/mol. The number of hydrogen-bond acceptors (Lipinski definition) is 4. The van der Waals surface area contributed by atoms with E-state index >= 15 is 0 Å². The van der Waals surface area contributed by atoms with E-state index in [0.29, 0.717) is 17.7 Å². The second-order valence-electron chi connectivity index (χ2n) is 11.3. The molecular formula is C31H44N2O3S. The van der Waals surface area contributed by atoms with Gasteiger partial charge in [-0.15, -0.1) is 0 Å². The molecule has 0 aromatic heterocycles. The Morgan fingerprint density at radius 1 is 1.11 bits per heavy atom. The molecule has 0 heterocycles. The van der Waals surface area contributed by atoms with E-state index in [1.54, 1.807) is 11.8 Å². The Morgan fingerprint density at radius 3 is 2.46 bits per heavy atom. The molecule has 3 rings (SSSR count). The van der Waals surface area contributed by atoms with Gasteiger partial charge in [0.25, 0.3) is 5.91 Å². The lowest BCUT2D eigenvalue weighted by atomic mass is 9.71. The van der Waals surface area contributed by atoms with E-state index in [0.717, 1.165) is 41.3 Å². The summed E-state index contributed by atoms with van der Waals surface area (Å²) < 4.78 is 0. The first-order valence-corrected chi connectivity index (χ1v) is 14.9. The molecule has 0 bridgehead atoms. The van der Waals surface area contributed by atoms with Gasteiger partial charge >= 0.3 is 5.97 Å². The number of nitrogens with zero attached hydrogens (tertiary/aromatic N) is 1. The molecule has 5 nitrogen and oxygen atoms in total. The van der Waals surface area contributed by atoms with Crippen molar-refractivity contribution < 1.29 is 14.7 Å². The van der Waals surface area contributed by atoms with Crippen molar-refractivity contribution >= 4 is 23.6 Å². The van der Waals surface area contributed by atoms with Gasteiger partial charge in [0.2, 0.25) is 0 Å². The molecule has 1 aliphatic carbocycles. The lowest BCUT2D eigenvalue weighted by molar-refractivity contribution is -0.139. The highest BCUT2D eigenvalue weighted by atomic mass is 32.2. The van der Waals surface area contributed by atoms with Gasteiger partial charge in [0.15, 0.2) is 0 Å². The Kier molecular flexibility index (Phi) is 10.7. The number of hydrogen-bond donors (Lipinski definition) is 2. The zero-order valence-corrected chi connectivity index (χ0v) is 24.0. The van der Waals surface area contributed by atoms with E-state index in [9.17, 15) is 14.7 Å². The van der Waals surface area contributed by atoms with Crippen LogP contribution in [0.4, 0.5) is 0 Å².